The summed E-state index contributed by atoms with van der Waals surface area (Å²) in [6, 6.07) is 2.52. The van der Waals surface area contributed by atoms with E-state index in [1.807, 2.05) is 0 Å². The Balaban J connectivity index is 1.68. The van der Waals surface area contributed by atoms with Crippen LogP contribution in [0.4, 0.5) is 5.95 Å². The van der Waals surface area contributed by atoms with Gasteiger partial charge in [0.1, 0.15) is 0 Å². The van der Waals surface area contributed by atoms with Gasteiger partial charge in [-0.25, -0.2) is 9.97 Å². The molecule has 0 bridgehead atoms. The van der Waals surface area contributed by atoms with E-state index in [2.05, 4.69) is 52.9 Å². The Morgan fingerprint density at radius 1 is 1.33 bits per heavy atom. The van der Waals surface area contributed by atoms with Gasteiger partial charge in [-0.05, 0) is 38.3 Å². The molecule has 0 aromatic carbocycles. The summed E-state index contributed by atoms with van der Waals surface area (Å²) in [6.07, 6.45) is 3.51. The Morgan fingerprint density at radius 3 is 2.76 bits per heavy atom. The molecule has 2 aromatic rings. The second kappa shape index (κ2) is 7.31. The average molecular weight is 369 g/mol. The fourth-order valence-corrected chi connectivity index (χ4v) is 3.31. The van der Waals surface area contributed by atoms with Gasteiger partial charge in [0.15, 0.2) is 0 Å². The van der Waals surface area contributed by atoms with E-state index in [-0.39, 0.29) is 0 Å². The summed E-state index contributed by atoms with van der Waals surface area (Å²) >= 11 is 5.08. The molecule has 7 heteroatoms. The average Bonchev–Trinajstić information content (AvgIpc) is 3.05. The number of thiophene rings is 1. The van der Waals surface area contributed by atoms with Crippen LogP contribution < -0.4 is 5.32 Å². The van der Waals surface area contributed by atoms with E-state index >= 15 is 0 Å². The molecule has 1 saturated heterocycles. The number of hydrogen-bond acceptors (Lipinski definition) is 6. The molecule has 1 aliphatic rings. The minimum absolute atomic E-state index is 0.326. The Bertz CT molecular complexity index is 543. The van der Waals surface area contributed by atoms with Crippen molar-refractivity contribution >= 4 is 33.2 Å². The largest absolute Gasteiger partial charge is 0.379 e. The predicted molar refractivity (Wildman–Crippen MR) is 87.7 cm³/mol. The Labute approximate surface area is 136 Å². The van der Waals surface area contributed by atoms with Gasteiger partial charge in [0.25, 0.3) is 0 Å². The molecule has 21 heavy (non-hydrogen) atoms. The lowest BCUT2D eigenvalue weighted by molar-refractivity contribution is 0.0187. The van der Waals surface area contributed by atoms with Crippen LogP contribution in [0.3, 0.4) is 0 Å². The molecule has 0 aliphatic carbocycles. The highest BCUT2D eigenvalue weighted by molar-refractivity contribution is 9.10. The summed E-state index contributed by atoms with van der Waals surface area (Å²) < 4.78 is 6.34. The van der Waals surface area contributed by atoms with Gasteiger partial charge in [-0.1, -0.05) is 0 Å². The second-order valence-corrected chi connectivity index (χ2v) is 6.52. The van der Waals surface area contributed by atoms with Crippen molar-refractivity contribution in [2.24, 2.45) is 0 Å². The summed E-state index contributed by atoms with van der Waals surface area (Å²) in [6.45, 7) is 4.32. The Kier molecular flexibility index (Phi) is 5.18. The number of aromatic nitrogens is 2. The lowest BCUT2D eigenvalue weighted by Gasteiger charge is -2.34. The molecule has 1 N–H and O–H groups in total. The lowest BCUT2D eigenvalue weighted by Crippen LogP contribution is -2.41. The SMILES string of the molecule is Brc1cnc(NCC(c2ccsc2)N2CCOCC2)nc1. The third-order valence-corrected chi connectivity index (χ3v) is 4.60. The molecule has 1 atom stereocenters. The smallest absolute Gasteiger partial charge is 0.222 e. The summed E-state index contributed by atoms with van der Waals surface area (Å²) in [4.78, 5) is 11.0. The van der Waals surface area contributed by atoms with Gasteiger partial charge in [0.05, 0.1) is 23.7 Å². The van der Waals surface area contributed by atoms with Gasteiger partial charge >= 0.3 is 0 Å². The third-order valence-electron chi connectivity index (χ3n) is 3.49. The molecule has 112 valence electrons. The van der Waals surface area contributed by atoms with Gasteiger partial charge in [-0.3, -0.25) is 4.90 Å². The number of morpholine rings is 1. The highest BCUT2D eigenvalue weighted by Gasteiger charge is 2.23. The molecule has 2 aromatic heterocycles. The van der Waals surface area contributed by atoms with E-state index in [1.165, 1.54) is 5.56 Å². The maximum absolute atomic E-state index is 5.45. The second-order valence-electron chi connectivity index (χ2n) is 4.83. The molecular weight excluding hydrogens is 352 g/mol. The number of ether oxygens (including phenoxy) is 1. The van der Waals surface area contributed by atoms with Crippen LogP contribution in [0.15, 0.2) is 33.7 Å². The molecule has 3 rings (SSSR count). The summed E-state index contributed by atoms with van der Waals surface area (Å²) in [7, 11) is 0. The number of nitrogens with zero attached hydrogens (tertiary/aromatic N) is 3. The van der Waals surface area contributed by atoms with Crippen LogP contribution in [-0.2, 0) is 4.74 Å². The van der Waals surface area contributed by atoms with Crippen LogP contribution in [0.1, 0.15) is 11.6 Å². The number of halogens is 1. The first-order valence-corrected chi connectivity index (χ1v) is 8.62. The topological polar surface area (TPSA) is 50.3 Å². The Morgan fingerprint density at radius 2 is 2.10 bits per heavy atom. The van der Waals surface area contributed by atoms with Gasteiger partial charge in [0, 0.05) is 32.0 Å². The van der Waals surface area contributed by atoms with E-state index in [0.717, 1.165) is 37.3 Å². The van der Waals surface area contributed by atoms with E-state index < -0.39 is 0 Å². The van der Waals surface area contributed by atoms with Crippen LogP contribution in [0.25, 0.3) is 0 Å². The molecule has 0 radical (unpaired) electrons. The van der Waals surface area contributed by atoms with Crippen LogP contribution in [0.5, 0.6) is 0 Å². The maximum atomic E-state index is 5.45. The molecule has 0 amide bonds. The molecule has 1 fully saturated rings. The van der Waals surface area contributed by atoms with Crippen LogP contribution >= 0.6 is 27.3 Å². The van der Waals surface area contributed by atoms with Crippen molar-refractivity contribution in [2.45, 2.75) is 6.04 Å². The van der Waals surface area contributed by atoms with E-state index in [9.17, 15) is 0 Å². The van der Waals surface area contributed by atoms with Crippen molar-refractivity contribution in [1.82, 2.24) is 14.9 Å². The van der Waals surface area contributed by atoms with Crippen molar-refractivity contribution in [3.63, 3.8) is 0 Å². The first-order valence-electron chi connectivity index (χ1n) is 6.88. The van der Waals surface area contributed by atoms with E-state index in [1.54, 1.807) is 23.7 Å². The van der Waals surface area contributed by atoms with Gasteiger partial charge < -0.3 is 10.1 Å². The Hall–Kier alpha value is -1.02. The summed E-state index contributed by atoms with van der Waals surface area (Å²) in [5.74, 6) is 0.659. The van der Waals surface area contributed by atoms with Crippen molar-refractivity contribution in [3.05, 3.63) is 39.3 Å². The minimum Gasteiger partial charge on any atom is -0.379 e. The summed E-state index contributed by atoms with van der Waals surface area (Å²) in [5.41, 5.74) is 1.34. The number of hydrogen-bond donors (Lipinski definition) is 1. The third kappa shape index (κ3) is 4.00. The summed E-state index contributed by atoms with van der Waals surface area (Å²) in [5, 5.41) is 7.67. The van der Waals surface area contributed by atoms with E-state index in [0.29, 0.717) is 12.0 Å². The zero-order chi connectivity index (χ0) is 14.5. The molecule has 3 heterocycles. The molecular formula is C14H17BrN4OS. The van der Waals surface area contributed by atoms with Crippen LogP contribution in [0.2, 0.25) is 0 Å². The van der Waals surface area contributed by atoms with Crippen molar-refractivity contribution in [2.75, 3.05) is 38.2 Å². The molecule has 1 unspecified atom stereocenters. The van der Waals surface area contributed by atoms with Crippen molar-refractivity contribution in [1.29, 1.82) is 0 Å². The van der Waals surface area contributed by atoms with E-state index in [4.69, 9.17) is 4.74 Å². The molecule has 0 saturated carbocycles. The van der Waals surface area contributed by atoms with Crippen molar-refractivity contribution in [3.8, 4) is 0 Å². The molecule has 1 aliphatic heterocycles. The number of nitrogens with one attached hydrogen (secondary N) is 1. The van der Waals surface area contributed by atoms with Crippen molar-refractivity contribution < 1.29 is 4.74 Å². The number of rotatable bonds is 5. The quantitative estimate of drug-likeness (QED) is 0.879. The minimum atomic E-state index is 0.326. The zero-order valence-electron chi connectivity index (χ0n) is 11.5. The van der Waals surface area contributed by atoms with Gasteiger partial charge in [-0.15, -0.1) is 0 Å². The maximum Gasteiger partial charge on any atom is 0.222 e. The zero-order valence-corrected chi connectivity index (χ0v) is 13.9. The van der Waals surface area contributed by atoms with Crippen LogP contribution in [0, 0.1) is 0 Å². The molecule has 0 spiro atoms. The normalized spacial score (nSPS) is 17.6. The number of anilines is 1. The first-order chi connectivity index (χ1) is 10.3. The predicted octanol–water partition coefficient (Wildman–Crippen LogP) is 2.79. The van der Waals surface area contributed by atoms with Gasteiger partial charge in [-0.2, -0.15) is 11.3 Å². The van der Waals surface area contributed by atoms with Crippen LogP contribution in [-0.4, -0.2) is 47.7 Å². The fourth-order valence-electron chi connectivity index (χ4n) is 2.40. The van der Waals surface area contributed by atoms with Gasteiger partial charge in [0.2, 0.25) is 5.95 Å². The first kappa shape index (κ1) is 14.9. The highest BCUT2D eigenvalue weighted by atomic mass is 79.9. The lowest BCUT2D eigenvalue weighted by atomic mass is 10.1. The molecule has 5 nitrogen and oxygen atoms in total. The highest BCUT2D eigenvalue weighted by Crippen LogP contribution is 2.24. The monoisotopic (exact) mass is 368 g/mol. The fraction of sp³-hybridized carbons (Fsp3) is 0.429. The standard InChI is InChI=1S/C14H17BrN4OS/c15-12-7-16-14(17-8-12)18-9-13(11-1-6-21-10-11)19-2-4-20-5-3-19/h1,6-8,10,13H,2-5,9H2,(H,16,17,18).